The van der Waals surface area contributed by atoms with E-state index in [1.165, 1.54) is 12.1 Å². The maximum absolute atomic E-state index is 13.4. The van der Waals surface area contributed by atoms with E-state index in [9.17, 15) is 4.39 Å². The zero-order valence-electron chi connectivity index (χ0n) is 12.1. The molecule has 0 radical (unpaired) electrons. The lowest BCUT2D eigenvalue weighted by molar-refractivity contribution is 0.199. The Hall–Kier alpha value is -1.91. The topological polar surface area (TPSA) is 30.5 Å². The van der Waals surface area contributed by atoms with Crippen LogP contribution in [-0.2, 0) is 17.9 Å². The summed E-state index contributed by atoms with van der Waals surface area (Å²) in [5.41, 5.74) is 1.89. The Morgan fingerprint density at radius 3 is 2.67 bits per heavy atom. The number of nitrogens with one attached hydrogen (secondary N) is 1. The van der Waals surface area contributed by atoms with Gasteiger partial charge in [-0.05, 0) is 23.8 Å². The smallest absolute Gasteiger partial charge is 0.124 e. The lowest BCUT2D eigenvalue weighted by Gasteiger charge is -2.12. The van der Waals surface area contributed by atoms with Crippen LogP contribution in [0.4, 0.5) is 4.39 Å². The van der Waals surface area contributed by atoms with Crippen molar-refractivity contribution in [3.63, 3.8) is 0 Å². The van der Waals surface area contributed by atoms with Crippen LogP contribution in [0.15, 0.2) is 48.5 Å². The van der Waals surface area contributed by atoms with Gasteiger partial charge in [-0.3, -0.25) is 0 Å². The number of hydrogen-bond acceptors (Lipinski definition) is 3. The Bertz CT molecular complexity index is 546. The molecule has 4 heteroatoms. The van der Waals surface area contributed by atoms with Crippen molar-refractivity contribution in [2.24, 2.45) is 0 Å². The van der Waals surface area contributed by atoms with Gasteiger partial charge in [0.2, 0.25) is 0 Å². The van der Waals surface area contributed by atoms with Gasteiger partial charge in [-0.2, -0.15) is 0 Å². The summed E-state index contributed by atoms with van der Waals surface area (Å²) in [4.78, 5) is 0. The molecule has 0 amide bonds. The fourth-order valence-electron chi connectivity index (χ4n) is 1.96. The van der Waals surface area contributed by atoms with Crippen LogP contribution in [0.5, 0.6) is 5.75 Å². The summed E-state index contributed by atoms with van der Waals surface area (Å²) in [6.45, 7) is 2.35. The molecular weight excluding hydrogens is 269 g/mol. The molecule has 0 aliphatic heterocycles. The fraction of sp³-hybridized carbons (Fsp3) is 0.294. The molecule has 0 spiro atoms. The molecule has 0 heterocycles. The predicted octanol–water partition coefficient (Wildman–Crippen LogP) is 3.14. The van der Waals surface area contributed by atoms with E-state index in [2.05, 4.69) is 5.32 Å². The summed E-state index contributed by atoms with van der Waals surface area (Å²) < 4.78 is 24.1. The summed E-state index contributed by atoms with van der Waals surface area (Å²) >= 11 is 0. The van der Waals surface area contributed by atoms with Gasteiger partial charge in [-0.25, -0.2) is 4.39 Å². The normalized spacial score (nSPS) is 10.6. The summed E-state index contributed by atoms with van der Waals surface area (Å²) in [5, 5.41) is 3.20. The Morgan fingerprint density at radius 1 is 1.10 bits per heavy atom. The number of benzene rings is 2. The van der Waals surface area contributed by atoms with Gasteiger partial charge in [0.05, 0.1) is 6.61 Å². The van der Waals surface area contributed by atoms with Crippen LogP contribution < -0.4 is 10.1 Å². The van der Waals surface area contributed by atoms with Gasteiger partial charge in [-0.15, -0.1) is 0 Å². The molecule has 0 saturated heterocycles. The third kappa shape index (κ3) is 5.17. The van der Waals surface area contributed by atoms with Crippen molar-refractivity contribution >= 4 is 0 Å². The van der Waals surface area contributed by atoms with Crippen LogP contribution in [0.2, 0.25) is 0 Å². The summed E-state index contributed by atoms with van der Waals surface area (Å²) in [7, 11) is 1.65. The highest BCUT2D eigenvalue weighted by molar-refractivity contribution is 5.34. The van der Waals surface area contributed by atoms with Crippen molar-refractivity contribution in [3.8, 4) is 5.75 Å². The first-order valence-electron chi connectivity index (χ1n) is 6.94. The number of ether oxygens (including phenoxy) is 2. The molecule has 2 aromatic carbocycles. The van der Waals surface area contributed by atoms with E-state index < -0.39 is 0 Å². The van der Waals surface area contributed by atoms with Crippen LogP contribution in [0.1, 0.15) is 11.1 Å². The molecule has 0 fully saturated rings. The third-order valence-electron chi connectivity index (χ3n) is 3.06. The lowest BCUT2D eigenvalue weighted by atomic mass is 10.2. The minimum absolute atomic E-state index is 0.259. The second-order valence-electron chi connectivity index (χ2n) is 4.70. The van der Waals surface area contributed by atoms with E-state index in [1.54, 1.807) is 13.2 Å². The summed E-state index contributed by atoms with van der Waals surface area (Å²) in [5.74, 6) is 0.441. The molecule has 0 unspecified atom stereocenters. The highest BCUT2D eigenvalue weighted by Gasteiger charge is 2.06. The van der Waals surface area contributed by atoms with E-state index in [0.29, 0.717) is 32.1 Å². The highest BCUT2D eigenvalue weighted by atomic mass is 19.1. The SMILES string of the molecule is COCCNCc1cc(F)ccc1OCc1ccccc1. The van der Waals surface area contributed by atoms with Crippen LogP contribution in [-0.4, -0.2) is 20.3 Å². The maximum Gasteiger partial charge on any atom is 0.124 e. The Balaban J connectivity index is 1.97. The highest BCUT2D eigenvalue weighted by Crippen LogP contribution is 2.21. The molecule has 2 rings (SSSR count). The monoisotopic (exact) mass is 289 g/mol. The Labute approximate surface area is 124 Å². The first-order chi connectivity index (χ1) is 10.3. The first-order valence-corrected chi connectivity index (χ1v) is 6.94. The summed E-state index contributed by atoms with van der Waals surface area (Å²) in [6.07, 6.45) is 0. The third-order valence-corrected chi connectivity index (χ3v) is 3.06. The average Bonchev–Trinajstić information content (AvgIpc) is 2.52. The minimum atomic E-state index is -0.259. The molecule has 0 aromatic heterocycles. The second-order valence-corrected chi connectivity index (χ2v) is 4.70. The largest absolute Gasteiger partial charge is 0.489 e. The molecule has 3 nitrogen and oxygen atoms in total. The zero-order chi connectivity index (χ0) is 14.9. The van der Waals surface area contributed by atoms with E-state index in [0.717, 1.165) is 11.1 Å². The van der Waals surface area contributed by atoms with E-state index in [1.807, 2.05) is 30.3 Å². The van der Waals surface area contributed by atoms with Crippen molar-refractivity contribution < 1.29 is 13.9 Å². The van der Waals surface area contributed by atoms with Gasteiger partial charge in [0, 0.05) is 25.8 Å². The van der Waals surface area contributed by atoms with Crippen LogP contribution in [0.25, 0.3) is 0 Å². The molecule has 0 saturated carbocycles. The van der Waals surface area contributed by atoms with Crippen LogP contribution in [0, 0.1) is 5.82 Å². The first kappa shape index (κ1) is 15.5. The zero-order valence-corrected chi connectivity index (χ0v) is 12.1. The van der Waals surface area contributed by atoms with Crippen molar-refractivity contribution in [3.05, 3.63) is 65.5 Å². The van der Waals surface area contributed by atoms with Crippen LogP contribution >= 0.6 is 0 Å². The van der Waals surface area contributed by atoms with Crippen LogP contribution in [0.3, 0.4) is 0 Å². The van der Waals surface area contributed by atoms with Gasteiger partial charge in [0.1, 0.15) is 18.2 Å². The molecule has 1 N–H and O–H groups in total. The van der Waals surface area contributed by atoms with Crippen molar-refractivity contribution in [2.75, 3.05) is 20.3 Å². The molecule has 0 aliphatic rings. The maximum atomic E-state index is 13.4. The molecular formula is C17H20FNO2. The van der Waals surface area contributed by atoms with Gasteiger partial charge in [0.15, 0.2) is 0 Å². The van der Waals surface area contributed by atoms with E-state index in [4.69, 9.17) is 9.47 Å². The Morgan fingerprint density at radius 2 is 1.90 bits per heavy atom. The fourth-order valence-corrected chi connectivity index (χ4v) is 1.96. The minimum Gasteiger partial charge on any atom is -0.489 e. The van der Waals surface area contributed by atoms with Gasteiger partial charge in [-0.1, -0.05) is 30.3 Å². The molecule has 2 aromatic rings. The quantitative estimate of drug-likeness (QED) is 0.757. The van der Waals surface area contributed by atoms with Crippen molar-refractivity contribution in [2.45, 2.75) is 13.2 Å². The lowest BCUT2D eigenvalue weighted by Crippen LogP contribution is -2.19. The molecule has 0 aliphatic carbocycles. The number of halogens is 1. The average molecular weight is 289 g/mol. The van der Waals surface area contributed by atoms with E-state index in [-0.39, 0.29) is 5.82 Å². The van der Waals surface area contributed by atoms with Crippen molar-refractivity contribution in [1.29, 1.82) is 0 Å². The number of rotatable bonds is 8. The number of hydrogen-bond donors (Lipinski definition) is 1. The number of methoxy groups -OCH3 is 1. The molecule has 0 atom stereocenters. The predicted molar refractivity (Wildman–Crippen MR) is 80.8 cm³/mol. The van der Waals surface area contributed by atoms with E-state index >= 15 is 0 Å². The van der Waals surface area contributed by atoms with Gasteiger partial charge < -0.3 is 14.8 Å². The molecule has 0 bridgehead atoms. The standard InChI is InChI=1S/C17H20FNO2/c1-20-10-9-19-12-15-11-16(18)7-8-17(15)21-13-14-5-3-2-4-6-14/h2-8,11,19H,9-10,12-13H2,1H3. The molecule has 21 heavy (non-hydrogen) atoms. The van der Waals surface area contributed by atoms with Crippen molar-refractivity contribution in [1.82, 2.24) is 5.32 Å². The molecule has 112 valence electrons. The van der Waals surface area contributed by atoms with Gasteiger partial charge in [0.25, 0.3) is 0 Å². The second kappa shape index (κ2) is 8.39. The summed E-state index contributed by atoms with van der Waals surface area (Å²) in [6, 6.07) is 14.5. The van der Waals surface area contributed by atoms with Gasteiger partial charge >= 0.3 is 0 Å². The Kier molecular flexibility index (Phi) is 6.19.